The van der Waals surface area contributed by atoms with E-state index in [4.69, 9.17) is 0 Å². The number of carbonyl (C=O) groups is 4. The van der Waals surface area contributed by atoms with Gasteiger partial charge in [-0.25, -0.2) is 0 Å². The van der Waals surface area contributed by atoms with Crippen LogP contribution in [0.4, 0.5) is 0 Å². The number of hydrogen-bond donors (Lipinski definition) is 4. The highest BCUT2D eigenvalue weighted by Gasteiger charge is 2.20. The number of H-pyrrole nitrogens is 2. The van der Waals surface area contributed by atoms with Crippen LogP contribution in [-0.4, -0.2) is 46.4 Å². The first-order chi connectivity index (χ1) is 20.3. The van der Waals surface area contributed by atoms with E-state index in [9.17, 15) is 19.2 Å². The highest BCUT2D eigenvalue weighted by Crippen LogP contribution is 2.24. The summed E-state index contributed by atoms with van der Waals surface area (Å²) in [6, 6.07) is 11.1. The van der Waals surface area contributed by atoms with Crippen LogP contribution < -0.4 is 10.6 Å². The third kappa shape index (κ3) is 8.64. The van der Waals surface area contributed by atoms with Crippen molar-refractivity contribution in [2.45, 2.75) is 64.2 Å². The minimum atomic E-state index is -0.562. The van der Waals surface area contributed by atoms with E-state index in [1.54, 1.807) is 12.4 Å². The molecule has 0 saturated heterocycles. The molecule has 0 saturated carbocycles. The molecule has 10 heteroatoms. The zero-order chi connectivity index (χ0) is 29.9. The molecule has 4 N–H and O–H groups in total. The van der Waals surface area contributed by atoms with Gasteiger partial charge in [0.25, 0.3) is 23.4 Å². The van der Waals surface area contributed by atoms with E-state index in [2.05, 4.69) is 52.5 Å². The molecule has 4 rings (SSSR count). The number of unbranched alkanes of at least 4 members (excludes halogenated alkanes) is 9. The molecule has 0 aliphatic heterocycles. The monoisotopic (exact) mass is 698 g/mol. The van der Waals surface area contributed by atoms with Crippen molar-refractivity contribution in [3.05, 3.63) is 68.9 Å². The van der Waals surface area contributed by atoms with Gasteiger partial charge in [0.05, 0.1) is 11.1 Å². The van der Waals surface area contributed by atoms with Crippen LogP contribution in [0.3, 0.4) is 0 Å². The van der Waals surface area contributed by atoms with Gasteiger partial charge in [-0.3, -0.25) is 19.2 Å². The third-order valence-electron chi connectivity index (χ3n) is 7.36. The van der Waals surface area contributed by atoms with E-state index in [0.717, 1.165) is 82.1 Å². The fourth-order valence-electron chi connectivity index (χ4n) is 5.05. The van der Waals surface area contributed by atoms with Gasteiger partial charge in [0.1, 0.15) is 0 Å². The van der Waals surface area contributed by atoms with Gasteiger partial charge in [-0.2, -0.15) is 0 Å². The number of ketones is 2. The fraction of sp³-hybridized carbons (Fsp3) is 0.375. The third-order valence-corrected chi connectivity index (χ3v) is 8.35. The van der Waals surface area contributed by atoms with Gasteiger partial charge >= 0.3 is 0 Å². The molecule has 0 aliphatic carbocycles. The van der Waals surface area contributed by atoms with Crippen molar-refractivity contribution in [1.82, 2.24) is 20.6 Å². The number of benzene rings is 2. The smallest absolute Gasteiger partial charge is 0.292 e. The number of aromatic nitrogens is 2. The first-order valence-corrected chi connectivity index (χ1v) is 16.1. The Morgan fingerprint density at radius 3 is 1.29 bits per heavy atom. The molecule has 2 aromatic heterocycles. The topological polar surface area (TPSA) is 124 Å². The minimum absolute atomic E-state index is 0.394. The molecule has 2 amide bonds. The van der Waals surface area contributed by atoms with Gasteiger partial charge < -0.3 is 20.6 Å². The standard InChI is InChI=1S/C32H36Br2N4O4/c33-21-11-13-23-25(19-37-27(23)17-21)29(39)31(41)35-15-9-7-5-3-1-2-4-6-8-10-16-36-32(42)30(40)26-20-38-28-18-22(34)12-14-24(26)28/h11-14,17-20,37-38H,1-10,15-16H2,(H,35,41)(H,36,42). The predicted molar refractivity (Wildman–Crippen MR) is 173 cm³/mol. The number of halogens is 2. The van der Waals surface area contributed by atoms with Crippen LogP contribution in [0.15, 0.2) is 57.7 Å². The summed E-state index contributed by atoms with van der Waals surface area (Å²) in [5.41, 5.74) is 2.41. The number of amides is 2. The van der Waals surface area contributed by atoms with E-state index in [-0.39, 0.29) is 0 Å². The summed E-state index contributed by atoms with van der Waals surface area (Å²) in [5.74, 6) is -2.15. The summed E-state index contributed by atoms with van der Waals surface area (Å²) in [6.07, 6.45) is 13.8. The van der Waals surface area contributed by atoms with Crippen LogP contribution in [-0.2, 0) is 9.59 Å². The second kappa shape index (κ2) is 15.8. The maximum absolute atomic E-state index is 12.5. The highest BCUT2D eigenvalue weighted by molar-refractivity contribution is 9.10. The quantitative estimate of drug-likeness (QED) is 0.0522. The van der Waals surface area contributed by atoms with Crippen LogP contribution in [0.5, 0.6) is 0 Å². The molecular weight excluding hydrogens is 664 g/mol. The Labute approximate surface area is 262 Å². The second-order valence-electron chi connectivity index (χ2n) is 10.5. The molecular formula is C32H36Br2N4O4. The number of hydrogen-bond acceptors (Lipinski definition) is 4. The molecule has 42 heavy (non-hydrogen) atoms. The summed E-state index contributed by atoms with van der Waals surface area (Å²) < 4.78 is 1.81. The van der Waals surface area contributed by atoms with Crippen LogP contribution in [0.25, 0.3) is 21.8 Å². The van der Waals surface area contributed by atoms with Crippen molar-refractivity contribution in [2.24, 2.45) is 0 Å². The molecule has 0 radical (unpaired) electrons. The lowest BCUT2D eigenvalue weighted by atomic mass is 10.1. The Hall–Kier alpha value is -3.24. The van der Waals surface area contributed by atoms with Gasteiger partial charge in [-0.15, -0.1) is 0 Å². The lowest BCUT2D eigenvalue weighted by molar-refractivity contribution is -0.117. The Balaban J connectivity index is 0.972. The van der Waals surface area contributed by atoms with Crippen LogP contribution in [0, 0.1) is 0 Å². The van der Waals surface area contributed by atoms with E-state index in [1.165, 1.54) is 12.8 Å². The number of rotatable bonds is 17. The van der Waals surface area contributed by atoms with Crippen molar-refractivity contribution in [3.8, 4) is 0 Å². The minimum Gasteiger partial charge on any atom is -0.360 e. The molecule has 0 bridgehead atoms. The molecule has 0 aliphatic rings. The second-order valence-corrected chi connectivity index (χ2v) is 12.3. The maximum atomic E-state index is 12.5. The predicted octanol–water partition coefficient (Wildman–Crippen LogP) is 7.37. The zero-order valence-corrected chi connectivity index (χ0v) is 26.7. The van der Waals surface area contributed by atoms with Crippen molar-refractivity contribution < 1.29 is 19.2 Å². The molecule has 2 heterocycles. The first-order valence-electron chi connectivity index (χ1n) is 14.5. The lowest BCUT2D eigenvalue weighted by Gasteiger charge is -2.06. The molecule has 2 aromatic carbocycles. The Kier molecular flexibility index (Phi) is 12.0. The zero-order valence-electron chi connectivity index (χ0n) is 23.5. The van der Waals surface area contributed by atoms with Crippen LogP contribution in [0.2, 0.25) is 0 Å². The van der Waals surface area contributed by atoms with Gasteiger partial charge in [-0.1, -0.05) is 95.4 Å². The van der Waals surface area contributed by atoms with Gasteiger partial charge in [-0.05, 0) is 37.1 Å². The maximum Gasteiger partial charge on any atom is 0.292 e. The average Bonchev–Trinajstić information content (AvgIpc) is 3.59. The molecule has 8 nitrogen and oxygen atoms in total. The number of fused-ring (bicyclic) bond motifs is 2. The fourth-order valence-corrected chi connectivity index (χ4v) is 5.77. The van der Waals surface area contributed by atoms with E-state index in [1.807, 2.05) is 36.4 Å². The normalized spacial score (nSPS) is 11.2. The molecule has 0 unspecified atom stereocenters. The van der Waals surface area contributed by atoms with Crippen molar-refractivity contribution >= 4 is 77.0 Å². The lowest BCUT2D eigenvalue weighted by Crippen LogP contribution is -2.31. The molecule has 222 valence electrons. The van der Waals surface area contributed by atoms with Crippen molar-refractivity contribution in [2.75, 3.05) is 13.1 Å². The average molecular weight is 700 g/mol. The summed E-state index contributed by atoms with van der Waals surface area (Å²) in [5, 5.41) is 6.99. The Morgan fingerprint density at radius 1 is 0.548 bits per heavy atom. The molecule has 4 aromatic rings. The van der Waals surface area contributed by atoms with E-state index < -0.39 is 23.4 Å². The Bertz CT molecular complexity index is 1440. The largest absolute Gasteiger partial charge is 0.360 e. The number of Topliss-reactive ketones (excluding diaryl/α,β-unsaturated/α-hetero) is 2. The van der Waals surface area contributed by atoms with Crippen molar-refractivity contribution in [3.63, 3.8) is 0 Å². The first kappa shape index (κ1) is 31.7. The molecule has 0 fully saturated rings. The van der Waals surface area contributed by atoms with E-state index in [0.29, 0.717) is 24.2 Å². The number of nitrogens with one attached hydrogen (secondary N) is 4. The SMILES string of the molecule is O=C(NCCCCCCCCCCCCNC(=O)C(=O)c1c[nH]c2cc(Br)ccc12)C(=O)c1c[nH]c2cc(Br)ccc12. The Morgan fingerprint density at radius 2 is 0.905 bits per heavy atom. The number of carbonyl (C=O) groups excluding carboxylic acids is 4. The van der Waals surface area contributed by atoms with E-state index >= 15 is 0 Å². The van der Waals surface area contributed by atoms with Crippen molar-refractivity contribution in [1.29, 1.82) is 0 Å². The highest BCUT2D eigenvalue weighted by atomic mass is 79.9. The van der Waals surface area contributed by atoms with Crippen LogP contribution in [0.1, 0.15) is 84.9 Å². The summed E-state index contributed by atoms with van der Waals surface area (Å²) >= 11 is 6.81. The summed E-state index contributed by atoms with van der Waals surface area (Å²) in [6.45, 7) is 1.00. The van der Waals surface area contributed by atoms with Gasteiger partial charge in [0, 0.05) is 56.2 Å². The molecule has 0 spiro atoms. The molecule has 0 atom stereocenters. The van der Waals surface area contributed by atoms with Gasteiger partial charge in [0.15, 0.2) is 0 Å². The summed E-state index contributed by atoms with van der Waals surface area (Å²) in [7, 11) is 0. The number of aromatic amines is 2. The van der Waals surface area contributed by atoms with Gasteiger partial charge in [0.2, 0.25) is 0 Å². The summed E-state index contributed by atoms with van der Waals surface area (Å²) in [4.78, 5) is 55.7. The van der Waals surface area contributed by atoms with Crippen LogP contribution >= 0.6 is 31.9 Å².